The van der Waals surface area contributed by atoms with Crippen LogP contribution >= 0.6 is 0 Å². The van der Waals surface area contributed by atoms with Crippen LogP contribution in [0.3, 0.4) is 0 Å². The summed E-state index contributed by atoms with van der Waals surface area (Å²) in [5.41, 5.74) is -0.524. The molecule has 0 radical (unpaired) electrons. The topological polar surface area (TPSA) is 189 Å². The summed E-state index contributed by atoms with van der Waals surface area (Å²) in [5, 5.41) is 14.5. The van der Waals surface area contributed by atoms with Gasteiger partial charge in [0.2, 0.25) is 21.8 Å². The van der Waals surface area contributed by atoms with Crippen LogP contribution in [0.1, 0.15) is 65.4 Å². The second-order valence-corrected chi connectivity index (χ2v) is 14.2. The Morgan fingerprint density at radius 2 is 1.79 bits per heavy atom. The van der Waals surface area contributed by atoms with Gasteiger partial charge in [0.25, 0.3) is 0 Å². The number of nitrogens with zero attached hydrogens (tertiary/aromatic N) is 1. The Hall–Kier alpha value is -3.19. The smallest absolute Gasteiger partial charge is 0.305 e. The number of amides is 2. The van der Waals surface area contributed by atoms with Crippen molar-refractivity contribution < 1.29 is 37.5 Å². The number of rotatable bonds is 16. The highest BCUT2D eigenvalue weighted by molar-refractivity contribution is 7.89. The SMILES string of the molecule is CC(C)C(CC(=O)NCCc1ccncc1)C(=O)NC(CC(=O)O)C(=O)CNS(=O)(=O)CC12CCC(CC1=O)C2(C)C. The number of hydrogen-bond acceptors (Lipinski definition) is 8. The predicted octanol–water partition coefficient (Wildman–Crippen LogP) is 1.25. The van der Waals surface area contributed by atoms with Crippen LogP contribution in [0.4, 0.5) is 0 Å². The van der Waals surface area contributed by atoms with Gasteiger partial charge in [-0.2, -0.15) is 0 Å². The van der Waals surface area contributed by atoms with Crippen molar-refractivity contribution in [1.29, 1.82) is 0 Å². The van der Waals surface area contributed by atoms with Crippen LogP contribution in [0.2, 0.25) is 0 Å². The standard InChI is InChI=1S/C29H42N4O8S/c1-18(2)21(14-25(36)31-12-8-19-6-10-30-11-7-19)27(39)33-22(15-26(37)38)23(34)16-32-42(40,41)17-29-9-5-20(13-24(29)35)28(29,3)4/h6-7,10-11,18,20-22,32H,5,8-9,12-17H2,1-4H3,(H,31,36)(H,33,39)(H,37,38). The first-order chi connectivity index (χ1) is 19.6. The zero-order valence-electron chi connectivity index (χ0n) is 24.6. The third-order valence-corrected chi connectivity index (χ3v) is 10.6. The normalized spacial score (nSPS) is 22.5. The third kappa shape index (κ3) is 7.80. The Morgan fingerprint density at radius 1 is 1.12 bits per heavy atom. The van der Waals surface area contributed by atoms with Crippen LogP contribution in [0.15, 0.2) is 24.5 Å². The molecule has 2 aliphatic carbocycles. The van der Waals surface area contributed by atoms with E-state index < -0.39 is 69.2 Å². The molecule has 232 valence electrons. The van der Waals surface area contributed by atoms with Gasteiger partial charge in [-0.1, -0.05) is 27.7 Å². The molecule has 0 spiro atoms. The number of carboxylic acid groups (broad SMARTS) is 1. The largest absolute Gasteiger partial charge is 0.481 e. The van der Waals surface area contributed by atoms with Crippen LogP contribution in [-0.4, -0.2) is 72.7 Å². The minimum absolute atomic E-state index is 0.0856. The lowest BCUT2D eigenvalue weighted by Gasteiger charge is -2.36. The summed E-state index contributed by atoms with van der Waals surface area (Å²) >= 11 is 0. The van der Waals surface area contributed by atoms with Crippen LogP contribution in [0.5, 0.6) is 0 Å². The third-order valence-electron chi connectivity index (χ3n) is 9.16. The van der Waals surface area contributed by atoms with Gasteiger partial charge in [0.15, 0.2) is 5.78 Å². The average Bonchev–Trinajstić information content (AvgIpc) is 3.24. The summed E-state index contributed by atoms with van der Waals surface area (Å²) in [7, 11) is -4.08. The van der Waals surface area contributed by atoms with Gasteiger partial charge in [0.05, 0.1) is 24.8 Å². The highest BCUT2D eigenvalue weighted by atomic mass is 32.2. The molecule has 3 rings (SSSR count). The molecule has 13 heteroatoms. The Kier molecular flexibility index (Phi) is 10.6. The van der Waals surface area contributed by atoms with E-state index in [1.807, 2.05) is 26.0 Å². The van der Waals surface area contributed by atoms with E-state index in [2.05, 4.69) is 20.3 Å². The zero-order valence-corrected chi connectivity index (χ0v) is 25.5. The molecule has 1 aromatic rings. The predicted molar refractivity (Wildman–Crippen MR) is 153 cm³/mol. The molecule has 0 saturated heterocycles. The molecule has 0 aromatic carbocycles. The molecule has 1 heterocycles. The molecule has 2 fully saturated rings. The number of sulfonamides is 1. The fourth-order valence-electron chi connectivity index (χ4n) is 6.29. The Morgan fingerprint density at radius 3 is 2.33 bits per heavy atom. The Balaban J connectivity index is 1.59. The number of carbonyl (C=O) groups excluding carboxylic acids is 4. The van der Waals surface area contributed by atoms with Gasteiger partial charge < -0.3 is 15.7 Å². The van der Waals surface area contributed by atoms with Crippen molar-refractivity contribution in [3.8, 4) is 0 Å². The number of ketones is 2. The highest BCUT2D eigenvalue weighted by Crippen LogP contribution is 2.64. The lowest BCUT2D eigenvalue weighted by molar-refractivity contribution is -0.141. The van der Waals surface area contributed by atoms with Crippen molar-refractivity contribution in [2.45, 2.75) is 72.3 Å². The van der Waals surface area contributed by atoms with Gasteiger partial charge in [0.1, 0.15) is 5.78 Å². The number of pyridine rings is 1. The van der Waals surface area contributed by atoms with Crippen molar-refractivity contribution in [3.63, 3.8) is 0 Å². The van der Waals surface area contributed by atoms with E-state index in [1.54, 1.807) is 26.2 Å². The van der Waals surface area contributed by atoms with Gasteiger partial charge in [-0.15, -0.1) is 0 Å². The number of carboxylic acids is 1. The molecule has 0 aliphatic heterocycles. The second-order valence-electron chi connectivity index (χ2n) is 12.4. The fraction of sp³-hybridized carbons (Fsp3) is 0.655. The van der Waals surface area contributed by atoms with E-state index in [0.717, 1.165) is 12.0 Å². The number of aliphatic carboxylic acids is 1. The summed E-state index contributed by atoms with van der Waals surface area (Å²) in [5.74, 6) is -4.81. The van der Waals surface area contributed by atoms with E-state index >= 15 is 0 Å². The molecule has 42 heavy (non-hydrogen) atoms. The number of fused-ring (bicyclic) bond motifs is 2. The number of aromatic nitrogens is 1. The van der Waals surface area contributed by atoms with Crippen LogP contribution < -0.4 is 15.4 Å². The number of carbonyl (C=O) groups is 5. The van der Waals surface area contributed by atoms with Crippen molar-refractivity contribution in [2.24, 2.45) is 28.6 Å². The molecule has 1 aromatic heterocycles. The maximum Gasteiger partial charge on any atom is 0.305 e. The van der Waals surface area contributed by atoms with Gasteiger partial charge >= 0.3 is 5.97 Å². The quantitative estimate of drug-likeness (QED) is 0.215. The van der Waals surface area contributed by atoms with Gasteiger partial charge in [-0.25, -0.2) is 13.1 Å². The summed E-state index contributed by atoms with van der Waals surface area (Å²) in [6.45, 7) is 6.88. The minimum Gasteiger partial charge on any atom is -0.481 e. The zero-order chi connectivity index (χ0) is 31.3. The van der Waals surface area contributed by atoms with Crippen molar-refractivity contribution in [2.75, 3.05) is 18.8 Å². The van der Waals surface area contributed by atoms with Gasteiger partial charge in [-0.3, -0.25) is 29.0 Å². The summed E-state index contributed by atoms with van der Waals surface area (Å²) in [4.78, 5) is 66.8. The molecular weight excluding hydrogens is 564 g/mol. The lowest BCUT2D eigenvalue weighted by atomic mass is 9.70. The maximum atomic E-state index is 13.1. The molecule has 2 aliphatic rings. The fourth-order valence-corrected chi connectivity index (χ4v) is 8.08. The number of hydrogen-bond donors (Lipinski definition) is 4. The molecule has 2 bridgehead atoms. The maximum absolute atomic E-state index is 13.1. The van der Waals surface area contributed by atoms with E-state index in [4.69, 9.17) is 0 Å². The monoisotopic (exact) mass is 606 g/mol. The van der Waals surface area contributed by atoms with Crippen molar-refractivity contribution in [3.05, 3.63) is 30.1 Å². The molecule has 2 saturated carbocycles. The van der Waals surface area contributed by atoms with E-state index in [1.165, 1.54) is 0 Å². The highest BCUT2D eigenvalue weighted by Gasteiger charge is 2.65. The Bertz CT molecular complexity index is 1300. The van der Waals surface area contributed by atoms with E-state index in [-0.39, 0.29) is 29.9 Å². The van der Waals surface area contributed by atoms with Crippen molar-refractivity contribution in [1.82, 2.24) is 20.3 Å². The lowest BCUT2D eigenvalue weighted by Crippen LogP contribution is -2.51. The summed E-state index contributed by atoms with van der Waals surface area (Å²) < 4.78 is 28.2. The van der Waals surface area contributed by atoms with E-state index in [9.17, 15) is 37.5 Å². The minimum atomic E-state index is -4.08. The van der Waals surface area contributed by atoms with Gasteiger partial charge in [0, 0.05) is 43.1 Å². The molecular formula is C29H42N4O8S. The van der Waals surface area contributed by atoms with E-state index in [0.29, 0.717) is 25.8 Å². The average molecular weight is 607 g/mol. The summed E-state index contributed by atoms with van der Waals surface area (Å²) in [6.07, 6.45) is 4.51. The van der Waals surface area contributed by atoms with Crippen LogP contribution in [0, 0.1) is 28.6 Å². The van der Waals surface area contributed by atoms with Gasteiger partial charge in [-0.05, 0) is 54.2 Å². The van der Waals surface area contributed by atoms with Crippen LogP contribution in [0.25, 0.3) is 0 Å². The molecule has 2 amide bonds. The van der Waals surface area contributed by atoms with Crippen molar-refractivity contribution >= 4 is 39.4 Å². The molecule has 4 N–H and O–H groups in total. The molecule has 4 unspecified atom stereocenters. The van der Waals surface area contributed by atoms with Crippen LogP contribution in [-0.2, 0) is 40.4 Å². The summed E-state index contributed by atoms with van der Waals surface area (Å²) in [6, 6.07) is 2.15. The number of Topliss-reactive ketones (excluding diaryl/α,β-unsaturated/α-hetero) is 2. The first-order valence-corrected chi connectivity index (χ1v) is 15.9. The first kappa shape index (κ1) is 33.3. The second kappa shape index (κ2) is 13.4. The molecule has 4 atom stereocenters. The molecule has 12 nitrogen and oxygen atoms in total. The number of nitrogens with one attached hydrogen (secondary N) is 3. The first-order valence-electron chi connectivity index (χ1n) is 14.3. The Labute approximate surface area is 246 Å².